The highest BCUT2D eigenvalue weighted by Crippen LogP contribution is 2.26. The predicted octanol–water partition coefficient (Wildman–Crippen LogP) is 2.38. The molecule has 1 aromatic rings. The first-order valence-corrected chi connectivity index (χ1v) is 6.74. The Bertz CT molecular complexity index is 437. The largest absolute Gasteiger partial charge is 0.478 e. The molecule has 1 amide bonds. The maximum absolute atomic E-state index is 11.3. The fraction of sp³-hybridized carbons (Fsp3) is 0.273. The Kier molecular flexibility index (Phi) is 5.50. The predicted molar refractivity (Wildman–Crippen MR) is 70.5 cm³/mol. The van der Waals surface area contributed by atoms with E-state index in [-0.39, 0.29) is 17.2 Å². The summed E-state index contributed by atoms with van der Waals surface area (Å²) in [6.45, 7) is 2.41. The Hall–Kier alpha value is -1.01. The van der Waals surface area contributed by atoms with Gasteiger partial charge in [-0.15, -0.1) is 11.8 Å². The van der Waals surface area contributed by atoms with Gasteiger partial charge >= 0.3 is 5.97 Å². The number of nitrogens with one attached hydrogen (secondary N) is 1. The van der Waals surface area contributed by atoms with Gasteiger partial charge in [-0.05, 0) is 25.1 Å². The van der Waals surface area contributed by atoms with Crippen molar-refractivity contribution >= 4 is 39.6 Å². The van der Waals surface area contributed by atoms with Crippen LogP contribution in [-0.2, 0) is 4.79 Å². The van der Waals surface area contributed by atoms with E-state index in [1.807, 2.05) is 6.92 Å². The summed E-state index contributed by atoms with van der Waals surface area (Å²) < 4.78 is 0.792. The topological polar surface area (TPSA) is 66.4 Å². The number of hydrogen-bond acceptors (Lipinski definition) is 3. The van der Waals surface area contributed by atoms with E-state index in [1.54, 1.807) is 12.1 Å². The maximum Gasteiger partial charge on any atom is 0.336 e. The van der Waals surface area contributed by atoms with Crippen molar-refractivity contribution in [1.29, 1.82) is 0 Å². The third kappa shape index (κ3) is 4.40. The molecule has 92 valence electrons. The summed E-state index contributed by atoms with van der Waals surface area (Å²) in [7, 11) is 0. The molecular weight excluding hydrogens is 306 g/mol. The molecule has 0 fully saturated rings. The lowest BCUT2D eigenvalue weighted by Gasteiger charge is -2.06. The summed E-state index contributed by atoms with van der Waals surface area (Å²) in [6, 6.07) is 4.89. The Morgan fingerprint density at radius 1 is 1.47 bits per heavy atom. The van der Waals surface area contributed by atoms with Crippen LogP contribution in [0.3, 0.4) is 0 Å². The van der Waals surface area contributed by atoms with Gasteiger partial charge in [0.1, 0.15) is 0 Å². The van der Waals surface area contributed by atoms with Crippen molar-refractivity contribution in [1.82, 2.24) is 5.32 Å². The van der Waals surface area contributed by atoms with Gasteiger partial charge in [0.15, 0.2) is 0 Å². The molecule has 0 aromatic heterocycles. The number of benzene rings is 1. The first-order valence-electron chi connectivity index (χ1n) is 4.97. The molecule has 0 saturated heterocycles. The van der Waals surface area contributed by atoms with Gasteiger partial charge in [-0.25, -0.2) is 4.79 Å². The fourth-order valence-corrected chi connectivity index (χ4v) is 2.61. The molecule has 0 bridgehead atoms. The molecule has 0 aliphatic heterocycles. The van der Waals surface area contributed by atoms with Gasteiger partial charge in [-0.2, -0.15) is 0 Å². The lowest BCUT2D eigenvalue weighted by atomic mass is 10.2. The standard InChI is InChI=1S/C11H12BrNO3S/c1-2-13-10(14)6-17-9-5-7(12)3-4-8(9)11(15)16/h3-5H,2,6H2,1H3,(H,13,14)(H,15,16). The van der Waals surface area contributed by atoms with E-state index in [4.69, 9.17) is 5.11 Å². The van der Waals surface area contributed by atoms with Crippen LogP contribution in [0.1, 0.15) is 17.3 Å². The quantitative estimate of drug-likeness (QED) is 0.818. The van der Waals surface area contributed by atoms with Gasteiger partial charge in [0.2, 0.25) is 5.91 Å². The number of aromatic carboxylic acids is 1. The van der Waals surface area contributed by atoms with Crippen LogP contribution in [0.5, 0.6) is 0 Å². The van der Waals surface area contributed by atoms with Crippen molar-refractivity contribution in [3.63, 3.8) is 0 Å². The minimum absolute atomic E-state index is 0.103. The summed E-state index contributed by atoms with van der Waals surface area (Å²) >= 11 is 4.49. The molecule has 0 unspecified atom stereocenters. The summed E-state index contributed by atoms with van der Waals surface area (Å²) in [4.78, 5) is 22.8. The molecular formula is C11H12BrNO3S. The zero-order chi connectivity index (χ0) is 12.8. The number of amides is 1. The molecule has 0 atom stereocenters. The van der Waals surface area contributed by atoms with E-state index in [1.165, 1.54) is 17.8 Å². The molecule has 0 saturated carbocycles. The minimum atomic E-state index is -0.990. The normalized spacial score (nSPS) is 10.0. The average molecular weight is 318 g/mol. The Balaban J connectivity index is 2.78. The molecule has 0 heterocycles. The van der Waals surface area contributed by atoms with Gasteiger partial charge in [0.05, 0.1) is 11.3 Å². The SMILES string of the molecule is CCNC(=O)CSc1cc(Br)ccc1C(=O)O. The molecule has 1 rings (SSSR count). The van der Waals surface area contributed by atoms with Crippen molar-refractivity contribution in [3.8, 4) is 0 Å². The van der Waals surface area contributed by atoms with Gasteiger partial charge in [0, 0.05) is 15.9 Å². The molecule has 0 aliphatic carbocycles. The van der Waals surface area contributed by atoms with E-state index >= 15 is 0 Å². The highest BCUT2D eigenvalue weighted by Gasteiger charge is 2.12. The second-order valence-corrected chi connectivity index (χ2v) is 5.12. The van der Waals surface area contributed by atoms with Crippen molar-refractivity contribution in [2.45, 2.75) is 11.8 Å². The van der Waals surface area contributed by atoms with Crippen molar-refractivity contribution < 1.29 is 14.7 Å². The third-order valence-electron chi connectivity index (χ3n) is 1.91. The number of carbonyl (C=O) groups excluding carboxylic acids is 1. The van der Waals surface area contributed by atoms with E-state index in [0.717, 1.165) is 4.47 Å². The molecule has 2 N–H and O–H groups in total. The second-order valence-electron chi connectivity index (χ2n) is 3.19. The van der Waals surface area contributed by atoms with Crippen LogP contribution in [0.15, 0.2) is 27.6 Å². The van der Waals surface area contributed by atoms with Crippen LogP contribution in [0.4, 0.5) is 0 Å². The molecule has 17 heavy (non-hydrogen) atoms. The lowest BCUT2D eigenvalue weighted by molar-refractivity contribution is -0.118. The molecule has 6 heteroatoms. The Labute approximate surface area is 112 Å². The van der Waals surface area contributed by atoms with E-state index in [0.29, 0.717) is 11.4 Å². The van der Waals surface area contributed by atoms with E-state index < -0.39 is 5.97 Å². The summed E-state index contributed by atoms with van der Waals surface area (Å²) in [6.07, 6.45) is 0. The number of carboxylic acids is 1. The highest BCUT2D eigenvalue weighted by molar-refractivity contribution is 9.10. The van der Waals surface area contributed by atoms with Gasteiger partial charge in [-0.3, -0.25) is 4.79 Å². The van der Waals surface area contributed by atoms with Crippen LogP contribution in [0.25, 0.3) is 0 Å². The number of thioether (sulfide) groups is 1. The Morgan fingerprint density at radius 3 is 2.76 bits per heavy atom. The van der Waals surface area contributed by atoms with Crippen LogP contribution in [0.2, 0.25) is 0 Å². The number of rotatable bonds is 5. The summed E-state index contributed by atoms with van der Waals surface area (Å²) in [5.41, 5.74) is 0.211. The molecule has 1 aromatic carbocycles. The van der Waals surface area contributed by atoms with Crippen LogP contribution < -0.4 is 5.32 Å². The zero-order valence-electron chi connectivity index (χ0n) is 9.20. The lowest BCUT2D eigenvalue weighted by Crippen LogP contribution is -2.24. The van der Waals surface area contributed by atoms with Crippen LogP contribution >= 0.6 is 27.7 Å². The number of carboxylic acid groups (broad SMARTS) is 1. The van der Waals surface area contributed by atoms with Crippen molar-refractivity contribution in [2.24, 2.45) is 0 Å². The smallest absolute Gasteiger partial charge is 0.336 e. The highest BCUT2D eigenvalue weighted by atomic mass is 79.9. The van der Waals surface area contributed by atoms with Crippen LogP contribution in [0, 0.1) is 0 Å². The molecule has 4 nitrogen and oxygen atoms in total. The van der Waals surface area contributed by atoms with E-state index in [2.05, 4.69) is 21.2 Å². The maximum atomic E-state index is 11.3. The van der Waals surface area contributed by atoms with Crippen molar-refractivity contribution in [3.05, 3.63) is 28.2 Å². The zero-order valence-corrected chi connectivity index (χ0v) is 11.6. The van der Waals surface area contributed by atoms with Gasteiger partial charge in [-0.1, -0.05) is 15.9 Å². The average Bonchev–Trinajstić information content (AvgIpc) is 2.26. The summed E-state index contributed by atoms with van der Waals surface area (Å²) in [5.74, 6) is -0.880. The van der Waals surface area contributed by atoms with Gasteiger partial charge in [0.25, 0.3) is 0 Å². The first kappa shape index (κ1) is 14.1. The van der Waals surface area contributed by atoms with Crippen LogP contribution in [-0.4, -0.2) is 29.3 Å². The monoisotopic (exact) mass is 317 g/mol. The summed E-state index contributed by atoms with van der Waals surface area (Å²) in [5, 5.41) is 11.7. The second kappa shape index (κ2) is 6.66. The Morgan fingerprint density at radius 2 is 2.18 bits per heavy atom. The molecule has 0 spiro atoms. The number of halogens is 1. The molecule has 0 aliphatic rings. The molecule has 0 radical (unpaired) electrons. The number of hydrogen-bond donors (Lipinski definition) is 2. The number of carbonyl (C=O) groups is 2. The minimum Gasteiger partial charge on any atom is -0.478 e. The fourth-order valence-electron chi connectivity index (χ4n) is 1.18. The van der Waals surface area contributed by atoms with Crippen molar-refractivity contribution in [2.75, 3.05) is 12.3 Å². The first-order chi connectivity index (χ1) is 8.04. The van der Waals surface area contributed by atoms with Gasteiger partial charge < -0.3 is 10.4 Å². The van der Waals surface area contributed by atoms with E-state index in [9.17, 15) is 9.59 Å². The third-order valence-corrected chi connectivity index (χ3v) is 3.46.